The molecule has 0 amide bonds. The Bertz CT molecular complexity index is 748. The molecule has 0 spiro atoms. The van der Waals surface area contributed by atoms with Crippen LogP contribution in [0, 0.1) is 5.92 Å². The topological polar surface area (TPSA) is 84.9 Å². The van der Waals surface area contributed by atoms with Crippen molar-refractivity contribution in [3.8, 4) is 0 Å². The highest BCUT2D eigenvalue weighted by molar-refractivity contribution is 7.89. The fourth-order valence-electron chi connectivity index (χ4n) is 3.09. The summed E-state index contributed by atoms with van der Waals surface area (Å²) in [6, 6.07) is 4.12. The van der Waals surface area contributed by atoms with Crippen LogP contribution in [0.2, 0.25) is 5.02 Å². The van der Waals surface area contributed by atoms with Gasteiger partial charge in [-0.15, -0.1) is 0 Å². The highest BCUT2D eigenvalue weighted by atomic mass is 35.5. The van der Waals surface area contributed by atoms with E-state index in [0.717, 1.165) is 19.5 Å². The van der Waals surface area contributed by atoms with E-state index in [2.05, 4.69) is 28.2 Å². The van der Waals surface area contributed by atoms with Gasteiger partial charge < -0.3 is 9.47 Å². The lowest BCUT2D eigenvalue weighted by atomic mass is 10.0. The van der Waals surface area contributed by atoms with Gasteiger partial charge in [0.2, 0.25) is 10.0 Å². The fraction of sp³-hybridized carbons (Fsp3) is 0.611. The van der Waals surface area contributed by atoms with E-state index in [1.165, 1.54) is 25.3 Å². The number of benzene rings is 1. The Balaban J connectivity index is 2.17. The van der Waals surface area contributed by atoms with Gasteiger partial charge in [-0.2, -0.15) is 0 Å². The van der Waals surface area contributed by atoms with Gasteiger partial charge in [-0.25, -0.2) is 17.9 Å². The molecule has 0 radical (unpaired) electrons. The second-order valence-corrected chi connectivity index (χ2v) is 9.06. The van der Waals surface area contributed by atoms with Gasteiger partial charge in [-0.05, 0) is 30.5 Å². The van der Waals surface area contributed by atoms with E-state index in [0.29, 0.717) is 19.1 Å². The van der Waals surface area contributed by atoms with Gasteiger partial charge in [0.1, 0.15) is 4.90 Å². The van der Waals surface area contributed by atoms with Crippen LogP contribution in [0.25, 0.3) is 0 Å². The molecule has 1 unspecified atom stereocenters. The molecule has 1 aromatic carbocycles. The summed E-state index contributed by atoms with van der Waals surface area (Å²) in [7, 11) is -2.63. The zero-order valence-corrected chi connectivity index (χ0v) is 17.5. The number of hydrogen-bond donors (Lipinski definition) is 1. The SMILES string of the molecule is COC(=O)c1ccc(Cl)c(S(=O)(=O)NCC(CC(C)C)N2CCOCC2)c1. The Morgan fingerprint density at radius 1 is 1.33 bits per heavy atom. The molecular weight excluding hydrogens is 392 g/mol. The zero-order valence-electron chi connectivity index (χ0n) is 15.9. The van der Waals surface area contributed by atoms with E-state index >= 15 is 0 Å². The van der Waals surface area contributed by atoms with Crippen molar-refractivity contribution in [3.05, 3.63) is 28.8 Å². The minimum Gasteiger partial charge on any atom is -0.465 e. The van der Waals surface area contributed by atoms with Crippen LogP contribution < -0.4 is 4.72 Å². The average molecular weight is 419 g/mol. The van der Waals surface area contributed by atoms with Crippen molar-refractivity contribution in [1.82, 2.24) is 9.62 Å². The molecule has 152 valence electrons. The van der Waals surface area contributed by atoms with Crippen molar-refractivity contribution in [2.75, 3.05) is 40.0 Å². The number of sulfonamides is 1. The number of hydrogen-bond acceptors (Lipinski definition) is 6. The first-order valence-corrected chi connectivity index (χ1v) is 10.8. The number of ether oxygens (including phenoxy) is 2. The average Bonchev–Trinajstić information content (AvgIpc) is 2.65. The third kappa shape index (κ3) is 6.15. The first-order valence-electron chi connectivity index (χ1n) is 8.94. The predicted molar refractivity (Wildman–Crippen MR) is 104 cm³/mol. The number of methoxy groups -OCH3 is 1. The monoisotopic (exact) mass is 418 g/mol. The maximum Gasteiger partial charge on any atom is 0.337 e. The molecule has 0 saturated carbocycles. The predicted octanol–water partition coefficient (Wildman–Crippen LogP) is 2.15. The normalized spacial score (nSPS) is 17.1. The minimum absolute atomic E-state index is 0.0573. The van der Waals surface area contributed by atoms with Crippen LogP contribution in [-0.2, 0) is 19.5 Å². The molecule has 1 fully saturated rings. The lowest BCUT2D eigenvalue weighted by Crippen LogP contribution is -2.49. The lowest BCUT2D eigenvalue weighted by molar-refractivity contribution is 0.0134. The molecule has 1 saturated heterocycles. The summed E-state index contributed by atoms with van der Waals surface area (Å²) in [6.45, 7) is 7.33. The Morgan fingerprint density at radius 2 is 2.00 bits per heavy atom. The van der Waals surface area contributed by atoms with Crippen molar-refractivity contribution in [2.45, 2.75) is 31.2 Å². The zero-order chi connectivity index (χ0) is 20.0. The summed E-state index contributed by atoms with van der Waals surface area (Å²) >= 11 is 6.08. The van der Waals surface area contributed by atoms with Gasteiger partial charge in [0.05, 0.1) is 30.9 Å². The van der Waals surface area contributed by atoms with Gasteiger partial charge in [-0.3, -0.25) is 4.90 Å². The van der Waals surface area contributed by atoms with E-state index in [-0.39, 0.29) is 28.1 Å². The molecule has 0 bridgehead atoms. The summed E-state index contributed by atoms with van der Waals surface area (Å²) in [4.78, 5) is 13.8. The van der Waals surface area contributed by atoms with E-state index < -0.39 is 16.0 Å². The van der Waals surface area contributed by atoms with E-state index in [1.807, 2.05) is 0 Å². The molecule has 7 nitrogen and oxygen atoms in total. The van der Waals surface area contributed by atoms with Crippen LogP contribution in [0.4, 0.5) is 0 Å². The number of carbonyl (C=O) groups excluding carboxylic acids is 1. The summed E-state index contributed by atoms with van der Waals surface area (Å²) in [5.74, 6) is -0.192. The standard InChI is InChI=1S/C18H27ClN2O5S/c1-13(2)10-15(21-6-8-26-9-7-21)12-20-27(23,24)17-11-14(18(22)25-3)4-5-16(17)19/h4-5,11,13,15,20H,6-10,12H2,1-3H3. The number of carbonyl (C=O) groups is 1. The number of morpholine rings is 1. The number of halogens is 1. The van der Waals surface area contributed by atoms with Gasteiger partial charge in [-0.1, -0.05) is 25.4 Å². The van der Waals surface area contributed by atoms with Crippen LogP contribution in [0.15, 0.2) is 23.1 Å². The van der Waals surface area contributed by atoms with Gasteiger partial charge in [0.25, 0.3) is 0 Å². The van der Waals surface area contributed by atoms with E-state index in [4.69, 9.17) is 16.3 Å². The molecule has 1 aliphatic rings. The first kappa shape index (κ1) is 22.1. The molecule has 9 heteroatoms. The van der Waals surface area contributed by atoms with Crippen LogP contribution >= 0.6 is 11.6 Å². The Kier molecular flexibility index (Phi) is 8.05. The fourth-order valence-corrected chi connectivity index (χ4v) is 4.68. The molecule has 1 atom stereocenters. The lowest BCUT2D eigenvalue weighted by Gasteiger charge is -2.35. The molecular formula is C18H27ClN2O5S. The van der Waals surface area contributed by atoms with Crippen LogP contribution in [0.3, 0.4) is 0 Å². The first-order chi connectivity index (χ1) is 12.7. The number of esters is 1. The highest BCUT2D eigenvalue weighted by Crippen LogP contribution is 2.23. The molecule has 27 heavy (non-hydrogen) atoms. The van der Waals surface area contributed by atoms with Gasteiger partial charge in [0, 0.05) is 25.7 Å². The van der Waals surface area contributed by atoms with Crippen LogP contribution in [-0.4, -0.2) is 65.3 Å². The molecule has 0 aliphatic carbocycles. The maximum atomic E-state index is 12.8. The number of nitrogens with one attached hydrogen (secondary N) is 1. The second kappa shape index (κ2) is 9.84. The van der Waals surface area contributed by atoms with Crippen molar-refractivity contribution in [2.24, 2.45) is 5.92 Å². The van der Waals surface area contributed by atoms with Crippen LogP contribution in [0.1, 0.15) is 30.6 Å². The molecule has 1 N–H and O–H groups in total. The smallest absolute Gasteiger partial charge is 0.337 e. The molecule has 1 heterocycles. The van der Waals surface area contributed by atoms with Crippen LogP contribution in [0.5, 0.6) is 0 Å². The van der Waals surface area contributed by atoms with E-state index in [1.54, 1.807) is 0 Å². The van der Waals surface area contributed by atoms with E-state index in [9.17, 15) is 13.2 Å². The highest BCUT2D eigenvalue weighted by Gasteiger charge is 2.26. The molecule has 1 aliphatic heterocycles. The third-order valence-electron chi connectivity index (χ3n) is 4.46. The Hall–Kier alpha value is -1.19. The van der Waals surface area contributed by atoms with Crippen molar-refractivity contribution in [3.63, 3.8) is 0 Å². The molecule has 2 rings (SSSR count). The number of rotatable bonds is 8. The van der Waals surface area contributed by atoms with Gasteiger partial charge in [0.15, 0.2) is 0 Å². The quantitative estimate of drug-likeness (QED) is 0.651. The van der Waals surface area contributed by atoms with Crippen molar-refractivity contribution >= 4 is 27.6 Å². The Labute approximate surface area is 166 Å². The van der Waals surface area contributed by atoms with Crippen molar-refractivity contribution in [1.29, 1.82) is 0 Å². The summed E-state index contributed by atoms with van der Waals surface area (Å²) in [5.41, 5.74) is 0.134. The Morgan fingerprint density at radius 3 is 2.59 bits per heavy atom. The second-order valence-electron chi connectivity index (χ2n) is 6.92. The minimum atomic E-state index is -3.87. The number of nitrogens with zero attached hydrogens (tertiary/aromatic N) is 1. The third-order valence-corrected chi connectivity index (χ3v) is 6.36. The summed E-state index contributed by atoms with van der Waals surface area (Å²) < 4.78 is 38.3. The van der Waals surface area contributed by atoms with Crippen molar-refractivity contribution < 1.29 is 22.7 Å². The maximum absolute atomic E-state index is 12.8. The summed E-state index contributed by atoms with van der Waals surface area (Å²) in [5, 5.41) is 0.0573. The molecule has 1 aromatic rings. The van der Waals surface area contributed by atoms with Gasteiger partial charge >= 0.3 is 5.97 Å². The largest absolute Gasteiger partial charge is 0.465 e. The summed E-state index contributed by atoms with van der Waals surface area (Å²) in [6.07, 6.45) is 0.860. The molecule has 0 aromatic heterocycles.